The van der Waals surface area contributed by atoms with E-state index in [-0.39, 0.29) is 0 Å². The Labute approximate surface area is 210 Å². The number of carboxylic acids is 1. The minimum Gasteiger partial charge on any atom is -0.490 e. The molecule has 0 aliphatic carbocycles. The summed E-state index contributed by atoms with van der Waals surface area (Å²) < 4.78 is 11.4. The maximum absolute atomic E-state index is 10.4. The average molecular weight is 483 g/mol. The fourth-order valence-corrected chi connectivity index (χ4v) is 3.72. The average Bonchev–Trinajstić information content (AvgIpc) is 2.87. The molecule has 35 heavy (non-hydrogen) atoms. The highest BCUT2D eigenvalue weighted by Crippen LogP contribution is 2.19. The minimum absolute atomic E-state index is 0.648. The summed E-state index contributed by atoms with van der Waals surface area (Å²) in [6, 6.07) is 8.43. The van der Waals surface area contributed by atoms with Crippen LogP contribution in [0.25, 0.3) is 11.4 Å². The van der Waals surface area contributed by atoms with Gasteiger partial charge >= 0.3 is 5.97 Å². The first-order chi connectivity index (χ1) is 17.2. The van der Waals surface area contributed by atoms with Crippen LogP contribution in [0.5, 0.6) is 5.75 Å². The van der Waals surface area contributed by atoms with Crippen LogP contribution in [0, 0.1) is 0 Å². The number of carboxylic acid groups (broad SMARTS) is 1. The van der Waals surface area contributed by atoms with E-state index in [1.165, 1.54) is 30.9 Å². The lowest BCUT2D eigenvalue weighted by Crippen LogP contribution is -2.02. The van der Waals surface area contributed by atoms with Gasteiger partial charge in [-0.2, -0.15) is 0 Å². The molecule has 0 aliphatic heterocycles. The number of hydrogen-bond acceptors (Lipinski definition) is 5. The molecule has 0 aliphatic rings. The lowest BCUT2D eigenvalue weighted by molar-refractivity contribution is -0.131. The predicted molar refractivity (Wildman–Crippen MR) is 141 cm³/mol. The summed E-state index contributed by atoms with van der Waals surface area (Å²) in [5, 5.41) is 8.57. The molecule has 6 heteroatoms. The van der Waals surface area contributed by atoms with E-state index < -0.39 is 5.97 Å². The van der Waals surface area contributed by atoms with Crippen molar-refractivity contribution in [1.82, 2.24) is 9.97 Å². The Hall–Kier alpha value is -2.73. The van der Waals surface area contributed by atoms with Crippen LogP contribution in [0.15, 0.2) is 48.8 Å². The third-order valence-electron chi connectivity index (χ3n) is 5.78. The molecule has 0 saturated heterocycles. The predicted octanol–water partition coefficient (Wildman–Crippen LogP) is 7.03. The van der Waals surface area contributed by atoms with Gasteiger partial charge in [0.05, 0.1) is 19.0 Å². The summed E-state index contributed by atoms with van der Waals surface area (Å²) in [7, 11) is 0. The lowest BCUT2D eigenvalue weighted by Gasteiger charge is -2.07. The normalized spacial score (nSPS) is 11.2. The first kappa shape index (κ1) is 28.5. The Bertz CT molecular complexity index is 835. The van der Waals surface area contributed by atoms with Crippen LogP contribution in [0.4, 0.5) is 0 Å². The van der Waals surface area contributed by atoms with E-state index in [4.69, 9.17) is 14.6 Å². The van der Waals surface area contributed by atoms with E-state index in [1.54, 1.807) is 18.5 Å². The molecule has 0 atom stereocenters. The van der Waals surface area contributed by atoms with E-state index in [0.717, 1.165) is 76.6 Å². The Kier molecular flexibility index (Phi) is 15.1. The molecule has 0 unspecified atom stereocenters. The molecule has 0 radical (unpaired) electrons. The molecule has 2 aromatic rings. The van der Waals surface area contributed by atoms with Crippen molar-refractivity contribution in [3.05, 3.63) is 54.4 Å². The molecule has 0 saturated carbocycles. The van der Waals surface area contributed by atoms with Crippen LogP contribution in [-0.2, 0) is 16.0 Å². The van der Waals surface area contributed by atoms with Gasteiger partial charge in [-0.3, -0.25) is 0 Å². The smallest absolute Gasteiger partial charge is 0.327 e. The van der Waals surface area contributed by atoms with Crippen molar-refractivity contribution >= 4 is 5.97 Å². The number of unbranched alkanes of at least 4 members (excludes halogenated alkanes) is 8. The van der Waals surface area contributed by atoms with Crippen LogP contribution >= 0.6 is 0 Å². The summed E-state index contributed by atoms with van der Waals surface area (Å²) >= 11 is 0. The Morgan fingerprint density at radius 1 is 0.857 bits per heavy atom. The van der Waals surface area contributed by atoms with Crippen LogP contribution in [0.3, 0.4) is 0 Å². The summed E-state index contributed by atoms with van der Waals surface area (Å²) in [4.78, 5) is 19.3. The molecule has 1 N–H and O–H groups in total. The van der Waals surface area contributed by atoms with Crippen LogP contribution in [0.1, 0.15) is 83.1 Å². The van der Waals surface area contributed by atoms with Crippen molar-refractivity contribution in [3.8, 4) is 17.1 Å². The van der Waals surface area contributed by atoms with Gasteiger partial charge < -0.3 is 14.6 Å². The fraction of sp³-hybridized carbons (Fsp3) is 0.552. The molecule has 1 heterocycles. The fourth-order valence-electron chi connectivity index (χ4n) is 3.72. The number of ether oxygens (including phenoxy) is 2. The highest BCUT2D eigenvalue weighted by molar-refractivity contribution is 5.79. The maximum atomic E-state index is 10.4. The Balaban J connectivity index is 1.58. The van der Waals surface area contributed by atoms with Gasteiger partial charge in [0, 0.05) is 24.9 Å². The molecule has 6 nitrogen and oxygen atoms in total. The van der Waals surface area contributed by atoms with Crippen molar-refractivity contribution in [1.29, 1.82) is 0 Å². The number of aromatic nitrogens is 2. The molecule has 0 amide bonds. The first-order valence-corrected chi connectivity index (χ1v) is 13.2. The van der Waals surface area contributed by atoms with Gasteiger partial charge in [-0.05, 0) is 50.5 Å². The van der Waals surface area contributed by atoms with Crippen molar-refractivity contribution < 1.29 is 19.4 Å². The van der Waals surface area contributed by atoms with Crippen molar-refractivity contribution in [2.24, 2.45) is 0 Å². The topological polar surface area (TPSA) is 81.5 Å². The second-order valence-electron chi connectivity index (χ2n) is 8.86. The maximum Gasteiger partial charge on any atom is 0.327 e. The van der Waals surface area contributed by atoms with E-state index in [9.17, 15) is 4.79 Å². The van der Waals surface area contributed by atoms with Crippen LogP contribution in [0.2, 0.25) is 0 Å². The number of carbonyl (C=O) groups is 1. The van der Waals surface area contributed by atoms with Gasteiger partial charge in [-0.15, -0.1) is 0 Å². The van der Waals surface area contributed by atoms with Gasteiger partial charge in [-0.25, -0.2) is 14.8 Å². The minimum atomic E-state index is -0.872. The molecule has 1 aromatic heterocycles. The lowest BCUT2D eigenvalue weighted by atomic mass is 10.0. The Morgan fingerprint density at radius 2 is 1.51 bits per heavy atom. The molecule has 192 valence electrons. The summed E-state index contributed by atoms with van der Waals surface area (Å²) in [5.41, 5.74) is 2.31. The second-order valence-corrected chi connectivity index (χ2v) is 8.86. The molecular formula is C29H42N2O4. The zero-order valence-electron chi connectivity index (χ0n) is 21.3. The standard InChI is InChI=1S/C29H42N2O4/c1-2-3-4-11-20-34-21-12-13-22-35-27-23-30-29(31-24-27)26-18-16-25(17-19-26)14-9-7-5-6-8-10-15-28(32)33/h10,15-19,23-24H,2-9,11-14,20-22H2,1H3,(H,32,33)/b15-10+. The third-order valence-corrected chi connectivity index (χ3v) is 5.78. The molecule has 1 aromatic carbocycles. The largest absolute Gasteiger partial charge is 0.490 e. The van der Waals surface area contributed by atoms with E-state index in [0.29, 0.717) is 18.2 Å². The number of allylic oxidation sites excluding steroid dienone is 1. The summed E-state index contributed by atoms with van der Waals surface area (Å²) in [6.45, 7) is 4.54. The van der Waals surface area contributed by atoms with Crippen molar-refractivity contribution in [2.45, 2.75) is 84.0 Å². The molecular weight excluding hydrogens is 440 g/mol. The van der Waals surface area contributed by atoms with Gasteiger partial charge in [0.1, 0.15) is 0 Å². The zero-order valence-corrected chi connectivity index (χ0v) is 21.3. The third kappa shape index (κ3) is 13.7. The van der Waals surface area contributed by atoms with Gasteiger partial charge in [0.25, 0.3) is 0 Å². The number of benzene rings is 1. The van der Waals surface area contributed by atoms with Crippen molar-refractivity contribution in [3.63, 3.8) is 0 Å². The summed E-state index contributed by atoms with van der Waals surface area (Å²) in [5.74, 6) is 0.530. The van der Waals surface area contributed by atoms with Gasteiger partial charge in [0.15, 0.2) is 11.6 Å². The number of aliphatic carboxylic acids is 1. The monoisotopic (exact) mass is 482 g/mol. The van der Waals surface area contributed by atoms with E-state index >= 15 is 0 Å². The Morgan fingerprint density at radius 3 is 2.23 bits per heavy atom. The molecule has 2 rings (SSSR count). The molecule has 0 bridgehead atoms. The van der Waals surface area contributed by atoms with Gasteiger partial charge in [-0.1, -0.05) is 69.4 Å². The van der Waals surface area contributed by atoms with Crippen molar-refractivity contribution in [2.75, 3.05) is 19.8 Å². The number of hydrogen-bond donors (Lipinski definition) is 1. The number of rotatable bonds is 20. The zero-order chi connectivity index (χ0) is 25.0. The molecule has 0 fully saturated rings. The first-order valence-electron chi connectivity index (χ1n) is 13.2. The number of nitrogens with zero attached hydrogens (tertiary/aromatic N) is 2. The highest BCUT2D eigenvalue weighted by Gasteiger charge is 2.03. The summed E-state index contributed by atoms with van der Waals surface area (Å²) in [6.07, 6.45) is 19.7. The highest BCUT2D eigenvalue weighted by atomic mass is 16.5. The van der Waals surface area contributed by atoms with Crippen LogP contribution in [-0.4, -0.2) is 40.9 Å². The quantitative estimate of drug-likeness (QED) is 0.161. The van der Waals surface area contributed by atoms with Crippen LogP contribution < -0.4 is 4.74 Å². The SMILES string of the molecule is CCCCCCOCCCCOc1cnc(-c2ccc(CCCCCC/C=C/C(=O)O)cc2)nc1. The van der Waals surface area contributed by atoms with E-state index in [2.05, 4.69) is 41.2 Å². The number of aryl methyl sites for hydroxylation is 1. The van der Waals surface area contributed by atoms with Gasteiger partial charge in [0.2, 0.25) is 0 Å². The molecule has 0 spiro atoms. The van der Waals surface area contributed by atoms with E-state index in [1.807, 2.05) is 0 Å². The second kappa shape index (κ2) is 18.6.